The largest absolute Gasteiger partial charge is 0.494 e. The Morgan fingerprint density at radius 1 is 1.03 bits per heavy atom. The van der Waals surface area contributed by atoms with Gasteiger partial charge in [-0.15, -0.1) is 0 Å². The van der Waals surface area contributed by atoms with Crippen LogP contribution in [-0.2, 0) is 6.54 Å². The zero-order valence-electron chi connectivity index (χ0n) is 20.0. The van der Waals surface area contributed by atoms with E-state index in [1.165, 1.54) is 0 Å². The van der Waals surface area contributed by atoms with Gasteiger partial charge in [0.25, 0.3) is 5.56 Å². The summed E-state index contributed by atoms with van der Waals surface area (Å²) in [5, 5.41) is 4.94. The Balaban J connectivity index is 1.81. The van der Waals surface area contributed by atoms with Crippen LogP contribution in [0.25, 0.3) is 10.9 Å². The lowest BCUT2D eigenvalue weighted by Crippen LogP contribution is -2.41. The van der Waals surface area contributed by atoms with Gasteiger partial charge in [-0.2, -0.15) is 0 Å². The third-order valence-corrected chi connectivity index (χ3v) is 6.08. The number of H-pyrrole nitrogens is 1. The fraction of sp³-hybridized carbons (Fsp3) is 0.385. The minimum Gasteiger partial charge on any atom is -0.494 e. The van der Waals surface area contributed by atoms with E-state index in [1.807, 2.05) is 56.3 Å². The molecule has 3 aromatic rings. The van der Waals surface area contributed by atoms with E-state index < -0.39 is 0 Å². The molecule has 0 aliphatic heterocycles. The molecule has 0 bridgehead atoms. The summed E-state index contributed by atoms with van der Waals surface area (Å²) in [5.41, 5.74) is 3.48. The first-order chi connectivity index (χ1) is 15.9. The van der Waals surface area contributed by atoms with Crippen molar-refractivity contribution in [3.8, 4) is 5.75 Å². The SMILES string of the molecule is CCOc1ccc(NC(=S)N(CCN(CC)CC)Cc2cc3ccc(C)cc3[nH]c2=O)cc1. The van der Waals surface area contributed by atoms with Gasteiger partial charge in [0.2, 0.25) is 0 Å². The van der Waals surface area contributed by atoms with Crippen molar-refractivity contribution in [2.45, 2.75) is 34.2 Å². The molecule has 176 valence electrons. The molecule has 0 unspecified atom stereocenters. The van der Waals surface area contributed by atoms with Crippen LogP contribution in [-0.4, -0.2) is 52.7 Å². The zero-order valence-corrected chi connectivity index (χ0v) is 20.8. The monoisotopic (exact) mass is 466 g/mol. The fourth-order valence-corrected chi connectivity index (χ4v) is 4.01. The van der Waals surface area contributed by atoms with E-state index in [4.69, 9.17) is 17.0 Å². The second-order valence-electron chi connectivity index (χ2n) is 8.05. The Morgan fingerprint density at radius 2 is 1.76 bits per heavy atom. The number of likely N-dealkylation sites (N-methyl/N-ethyl adjacent to an activating group) is 1. The molecular formula is C26H34N4O2S. The molecular weight excluding hydrogens is 432 g/mol. The van der Waals surface area contributed by atoms with Gasteiger partial charge >= 0.3 is 0 Å². The van der Waals surface area contributed by atoms with Crippen LogP contribution < -0.4 is 15.6 Å². The summed E-state index contributed by atoms with van der Waals surface area (Å²) in [6.45, 7) is 12.9. The molecule has 3 rings (SSSR count). The molecule has 33 heavy (non-hydrogen) atoms. The normalized spacial score (nSPS) is 11.1. The third-order valence-electron chi connectivity index (χ3n) is 5.72. The molecule has 0 amide bonds. The first kappa shape index (κ1) is 24.7. The summed E-state index contributed by atoms with van der Waals surface area (Å²) in [4.78, 5) is 20.3. The first-order valence-electron chi connectivity index (χ1n) is 11.6. The molecule has 0 saturated carbocycles. The quantitative estimate of drug-likeness (QED) is 0.420. The van der Waals surface area contributed by atoms with E-state index in [-0.39, 0.29) is 5.56 Å². The highest BCUT2D eigenvalue weighted by Crippen LogP contribution is 2.18. The molecule has 0 radical (unpaired) electrons. The van der Waals surface area contributed by atoms with Crippen LogP contribution in [0.15, 0.2) is 53.3 Å². The number of pyridine rings is 1. The molecule has 0 fully saturated rings. The summed E-state index contributed by atoms with van der Waals surface area (Å²) < 4.78 is 5.52. The van der Waals surface area contributed by atoms with Crippen LogP contribution in [0.3, 0.4) is 0 Å². The minimum absolute atomic E-state index is 0.0789. The number of hydrogen-bond donors (Lipinski definition) is 2. The predicted octanol–water partition coefficient (Wildman–Crippen LogP) is 4.78. The van der Waals surface area contributed by atoms with Crippen LogP contribution in [0.1, 0.15) is 31.9 Å². The maximum absolute atomic E-state index is 12.8. The Morgan fingerprint density at radius 3 is 2.42 bits per heavy atom. The summed E-state index contributed by atoms with van der Waals surface area (Å²) in [6.07, 6.45) is 0. The number of thiocarbonyl (C=S) groups is 1. The fourth-order valence-electron chi connectivity index (χ4n) is 3.74. The van der Waals surface area contributed by atoms with Crippen molar-refractivity contribution in [1.82, 2.24) is 14.8 Å². The molecule has 0 aliphatic rings. The summed E-state index contributed by atoms with van der Waals surface area (Å²) in [7, 11) is 0. The molecule has 1 aromatic heterocycles. The second kappa shape index (κ2) is 11.8. The van der Waals surface area contributed by atoms with Gasteiger partial charge in [-0.05, 0) is 86.5 Å². The molecule has 1 heterocycles. The van der Waals surface area contributed by atoms with Gasteiger partial charge in [-0.1, -0.05) is 26.0 Å². The second-order valence-corrected chi connectivity index (χ2v) is 8.44. The van der Waals surface area contributed by atoms with Crippen molar-refractivity contribution < 1.29 is 4.74 Å². The van der Waals surface area contributed by atoms with Gasteiger partial charge in [0.1, 0.15) is 5.75 Å². The van der Waals surface area contributed by atoms with Crippen LogP contribution in [0, 0.1) is 6.92 Å². The number of fused-ring (bicyclic) bond motifs is 1. The van der Waals surface area contributed by atoms with Crippen LogP contribution in [0.4, 0.5) is 5.69 Å². The number of aromatic amines is 1. The average Bonchev–Trinajstić information content (AvgIpc) is 2.80. The summed E-state index contributed by atoms with van der Waals surface area (Å²) in [6, 6.07) is 15.8. The number of anilines is 1. The number of nitrogens with zero attached hydrogens (tertiary/aromatic N) is 2. The van der Waals surface area contributed by atoms with Gasteiger partial charge in [0.15, 0.2) is 5.11 Å². The standard InChI is InChI=1S/C26H34N4O2S/c1-5-29(6-2)14-15-30(26(33)27-22-10-12-23(13-11-22)32-7-3)18-21-17-20-9-8-19(4)16-24(20)28-25(21)31/h8-13,16-17H,5-7,14-15,18H2,1-4H3,(H,27,33)(H,28,31). The highest BCUT2D eigenvalue weighted by molar-refractivity contribution is 7.80. The topological polar surface area (TPSA) is 60.6 Å². The van der Waals surface area contributed by atoms with E-state index >= 15 is 0 Å². The number of nitrogens with one attached hydrogen (secondary N) is 2. The van der Waals surface area contributed by atoms with E-state index in [0.717, 1.165) is 54.1 Å². The molecule has 0 aliphatic carbocycles. The molecule has 2 N–H and O–H groups in total. The van der Waals surface area contributed by atoms with Crippen molar-refractivity contribution in [3.63, 3.8) is 0 Å². The van der Waals surface area contributed by atoms with Crippen molar-refractivity contribution in [3.05, 3.63) is 70.0 Å². The van der Waals surface area contributed by atoms with Gasteiger partial charge in [-0.3, -0.25) is 4.79 Å². The third kappa shape index (κ3) is 6.79. The summed E-state index contributed by atoms with van der Waals surface area (Å²) in [5.74, 6) is 0.824. The molecule has 6 nitrogen and oxygen atoms in total. The Labute approximate surface area is 201 Å². The lowest BCUT2D eigenvalue weighted by Gasteiger charge is -2.29. The Bertz CT molecular complexity index is 1120. The van der Waals surface area contributed by atoms with Crippen molar-refractivity contribution in [2.75, 3.05) is 38.1 Å². The van der Waals surface area contributed by atoms with E-state index in [2.05, 4.69) is 40.0 Å². The Kier molecular flexibility index (Phi) is 8.86. The van der Waals surface area contributed by atoms with Crippen LogP contribution in [0.5, 0.6) is 5.75 Å². The van der Waals surface area contributed by atoms with Gasteiger partial charge in [-0.25, -0.2) is 0 Å². The average molecular weight is 467 g/mol. The number of hydrogen-bond acceptors (Lipinski definition) is 4. The number of ether oxygens (including phenoxy) is 1. The summed E-state index contributed by atoms with van der Waals surface area (Å²) >= 11 is 5.77. The predicted molar refractivity (Wildman–Crippen MR) is 141 cm³/mol. The smallest absolute Gasteiger partial charge is 0.253 e. The van der Waals surface area contributed by atoms with Crippen molar-refractivity contribution in [2.24, 2.45) is 0 Å². The maximum atomic E-state index is 12.8. The molecule has 0 spiro atoms. The number of rotatable bonds is 10. The molecule has 0 atom stereocenters. The highest BCUT2D eigenvalue weighted by atomic mass is 32.1. The lowest BCUT2D eigenvalue weighted by molar-refractivity contribution is 0.266. The number of benzene rings is 2. The van der Waals surface area contributed by atoms with E-state index in [1.54, 1.807) is 0 Å². The highest BCUT2D eigenvalue weighted by Gasteiger charge is 2.15. The maximum Gasteiger partial charge on any atom is 0.253 e. The van der Waals surface area contributed by atoms with Gasteiger partial charge < -0.3 is 24.8 Å². The van der Waals surface area contributed by atoms with Crippen LogP contribution in [0.2, 0.25) is 0 Å². The van der Waals surface area contributed by atoms with Crippen molar-refractivity contribution >= 4 is 33.9 Å². The van der Waals surface area contributed by atoms with Gasteiger partial charge in [0.05, 0.1) is 13.2 Å². The molecule has 0 saturated heterocycles. The Hall–Kier alpha value is -2.90. The molecule has 2 aromatic carbocycles. The van der Waals surface area contributed by atoms with E-state index in [0.29, 0.717) is 23.8 Å². The van der Waals surface area contributed by atoms with Crippen molar-refractivity contribution in [1.29, 1.82) is 0 Å². The number of aryl methyl sites for hydroxylation is 1. The van der Waals surface area contributed by atoms with E-state index in [9.17, 15) is 4.79 Å². The van der Waals surface area contributed by atoms with Gasteiger partial charge in [0, 0.05) is 29.9 Å². The van der Waals surface area contributed by atoms with Crippen LogP contribution >= 0.6 is 12.2 Å². The first-order valence-corrected chi connectivity index (χ1v) is 12.0. The lowest BCUT2D eigenvalue weighted by atomic mass is 10.1. The number of aromatic nitrogens is 1. The minimum atomic E-state index is -0.0789. The zero-order chi connectivity index (χ0) is 23.8. The molecule has 7 heteroatoms.